The summed E-state index contributed by atoms with van der Waals surface area (Å²) in [5.41, 5.74) is 7.76. The zero-order valence-corrected chi connectivity index (χ0v) is 15.0. The lowest BCUT2D eigenvalue weighted by Crippen LogP contribution is -2.34. The Hall–Kier alpha value is -2.04. The third-order valence-electron chi connectivity index (χ3n) is 4.77. The first-order chi connectivity index (χ1) is 12.1. The van der Waals surface area contributed by atoms with Crippen molar-refractivity contribution in [1.82, 2.24) is 5.32 Å². The van der Waals surface area contributed by atoms with Gasteiger partial charge in [0.05, 0.1) is 13.2 Å². The number of rotatable bonds is 5. The number of amides is 1. The minimum atomic E-state index is -0.326. The van der Waals surface area contributed by atoms with Gasteiger partial charge in [-0.05, 0) is 48.6 Å². The topological polar surface area (TPSA) is 64.3 Å². The smallest absolute Gasteiger partial charge is 0.223 e. The molecule has 0 saturated heterocycles. The summed E-state index contributed by atoms with van der Waals surface area (Å²) in [5.74, 6) is 0.734. The fourth-order valence-electron chi connectivity index (χ4n) is 3.39. The van der Waals surface area contributed by atoms with E-state index in [0.717, 1.165) is 36.1 Å². The zero-order valence-electron chi connectivity index (χ0n) is 14.2. The number of ether oxygens (including phenoxy) is 1. The van der Waals surface area contributed by atoms with E-state index in [0.29, 0.717) is 5.02 Å². The minimum Gasteiger partial charge on any atom is -0.497 e. The molecule has 2 aromatic rings. The molecule has 0 heterocycles. The van der Waals surface area contributed by atoms with Crippen molar-refractivity contribution in [1.29, 1.82) is 0 Å². The van der Waals surface area contributed by atoms with Crippen molar-refractivity contribution in [2.24, 2.45) is 11.7 Å². The van der Waals surface area contributed by atoms with E-state index < -0.39 is 0 Å². The number of nitrogens with two attached hydrogens (primary N) is 1. The molecule has 1 aliphatic carbocycles. The fourth-order valence-corrected chi connectivity index (χ4v) is 3.63. The molecule has 0 spiro atoms. The van der Waals surface area contributed by atoms with Gasteiger partial charge in [-0.1, -0.05) is 41.9 Å². The van der Waals surface area contributed by atoms with Crippen LogP contribution in [-0.4, -0.2) is 19.1 Å². The van der Waals surface area contributed by atoms with Gasteiger partial charge >= 0.3 is 0 Å². The monoisotopic (exact) mass is 358 g/mol. The molecule has 3 rings (SSSR count). The van der Waals surface area contributed by atoms with E-state index in [1.807, 2.05) is 48.5 Å². The van der Waals surface area contributed by atoms with Crippen molar-refractivity contribution in [3.63, 3.8) is 0 Å². The van der Waals surface area contributed by atoms with Crippen LogP contribution in [0.3, 0.4) is 0 Å². The van der Waals surface area contributed by atoms with E-state index in [-0.39, 0.29) is 23.9 Å². The molecule has 0 bridgehead atoms. The van der Waals surface area contributed by atoms with E-state index in [9.17, 15) is 4.79 Å². The fraction of sp³-hybridized carbons (Fsp3) is 0.350. The molecule has 3 unspecified atom stereocenters. The predicted octanol–water partition coefficient (Wildman–Crippen LogP) is 3.68. The van der Waals surface area contributed by atoms with Crippen molar-refractivity contribution in [2.45, 2.75) is 31.3 Å². The van der Waals surface area contributed by atoms with E-state index in [1.54, 1.807) is 7.11 Å². The Morgan fingerprint density at radius 2 is 2.04 bits per heavy atom. The Morgan fingerprint density at radius 1 is 1.24 bits per heavy atom. The maximum Gasteiger partial charge on any atom is 0.223 e. The number of benzene rings is 2. The Kier molecular flexibility index (Phi) is 5.61. The summed E-state index contributed by atoms with van der Waals surface area (Å²) in [6.07, 6.45) is 2.47. The number of methoxy groups -OCH3 is 1. The molecule has 2 aromatic carbocycles. The normalized spacial score (nSPS) is 20.9. The standard InChI is InChI=1S/C20H23ClN2O2/c1-25-16-6-4-5-13(12-16)19(17-7-2-3-8-18(17)21)23-20(24)14-9-10-15(22)11-14/h2-8,12,14-15,19H,9-11,22H2,1H3,(H,23,24). The van der Waals surface area contributed by atoms with Crippen LogP contribution in [0.4, 0.5) is 0 Å². The van der Waals surface area contributed by atoms with Crippen molar-refractivity contribution in [3.05, 3.63) is 64.7 Å². The zero-order chi connectivity index (χ0) is 17.8. The van der Waals surface area contributed by atoms with Crippen LogP contribution in [0.15, 0.2) is 48.5 Å². The minimum absolute atomic E-state index is 0.0284. The summed E-state index contributed by atoms with van der Waals surface area (Å²) in [7, 11) is 1.63. The van der Waals surface area contributed by atoms with E-state index in [4.69, 9.17) is 22.1 Å². The summed E-state index contributed by atoms with van der Waals surface area (Å²) in [5, 5.41) is 3.79. The second-order valence-corrected chi connectivity index (χ2v) is 6.92. The van der Waals surface area contributed by atoms with Gasteiger partial charge < -0.3 is 15.8 Å². The quantitative estimate of drug-likeness (QED) is 0.856. The average molecular weight is 359 g/mol. The molecule has 3 N–H and O–H groups in total. The molecule has 132 valence electrons. The summed E-state index contributed by atoms with van der Waals surface area (Å²) in [6.45, 7) is 0. The van der Waals surface area contributed by atoms with Gasteiger partial charge in [0.15, 0.2) is 0 Å². The number of nitrogens with one attached hydrogen (secondary N) is 1. The van der Waals surface area contributed by atoms with Gasteiger partial charge in [-0.15, -0.1) is 0 Å². The molecule has 1 saturated carbocycles. The third kappa shape index (κ3) is 4.14. The van der Waals surface area contributed by atoms with Crippen LogP contribution < -0.4 is 15.8 Å². The molecule has 1 fully saturated rings. The molecule has 0 aliphatic heterocycles. The lowest BCUT2D eigenvalue weighted by atomic mass is 9.97. The Balaban J connectivity index is 1.92. The van der Waals surface area contributed by atoms with E-state index >= 15 is 0 Å². The highest BCUT2D eigenvalue weighted by Gasteiger charge is 2.30. The Morgan fingerprint density at radius 3 is 2.72 bits per heavy atom. The van der Waals surface area contributed by atoms with Gasteiger partial charge in [0.25, 0.3) is 0 Å². The predicted molar refractivity (Wildman–Crippen MR) is 99.7 cm³/mol. The molecular formula is C20H23ClN2O2. The lowest BCUT2D eigenvalue weighted by Gasteiger charge is -2.23. The van der Waals surface area contributed by atoms with E-state index in [2.05, 4.69) is 5.32 Å². The number of hydrogen-bond acceptors (Lipinski definition) is 3. The van der Waals surface area contributed by atoms with Gasteiger partial charge in [0, 0.05) is 17.0 Å². The van der Waals surface area contributed by atoms with Gasteiger partial charge in [-0.25, -0.2) is 0 Å². The Bertz CT molecular complexity index is 750. The SMILES string of the molecule is COc1cccc(C(NC(=O)C2CCC(N)C2)c2ccccc2Cl)c1. The maximum absolute atomic E-state index is 12.8. The highest BCUT2D eigenvalue weighted by atomic mass is 35.5. The van der Waals surface area contributed by atoms with Gasteiger partial charge in [0.2, 0.25) is 5.91 Å². The Labute approximate surface area is 153 Å². The molecule has 1 amide bonds. The van der Waals surface area contributed by atoms with Gasteiger partial charge in [-0.3, -0.25) is 4.79 Å². The summed E-state index contributed by atoms with van der Waals surface area (Å²) in [4.78, 5) is 12.8. The van der Waals surface area contributed by atoms with Crippen LogP contribution in [0.25, 0.3) is 0 Å². The van der Waals surface area contributed by atoms with Gasteiger partial charge in [-0.2, -0.15) is 0 Å². The van der Waals surface area contributed by atoms with Crippen LogP contribution in [0.5, 0.6) is 5.75 Å². The average Bonchev–Trinajstić information content (AvgIpc) is 3.07. The molecule has 25 heavy (non-hydrogen) atoms. The van der Waals surface area contributed by atoms with E-state index in [1.165, 1.54) is 0 Å². The highest BCUT2D eigenvalue weighted by Crippen LogP contribution is 2.32. The molecule has 1 aliphatic rings. The number of hydrogen-bond donors (Lipinski definition) is 2. The maximum atomic E-state index is 12.8. The third-order valence-corrected chi connectivity index (χ3v) is 5.12. The second-order valence-electron chi connectivity index (χ2n) is 6.51. The number of carbonyl (C=O) groups is 1. The van der Waals surface area contributed by atoms with Crippen LogP contribution in [0, 0.1) is 5.92 Å². The van der Waals surface area contributed by atoms with Crippen LogP contribution in [0.1, 0.15) is 36.4 Å². The molecule has 3 atom stereocenters. The van der Waals surface area contributed by atoms with Crippen molar-refractivity contribution in [2.75, 3.05) is 7.11 Å². The number of halogens is 1. The van der Waals surface area contributed by atoms with Crippen LogP contribution >= 0.6 is 11.6 Å². The first-order valence-corrected chi connectivity index (χ1v) is 8.90. The van der Waals surface area contributed by atoms with Crippen molar-refractivity contribution < 1.29 is 9.53 Å². The molecule has 0 radical (unpaired) electrons. The van der Waals surface area contributed by atoms with Gasteiger partial charge in [0.1, 0.15) is 5.75 Å². The van der Waals surface area contributed by atoms with Crippen molar-refractivity contribution >= 4 is 17.5 Å². The molecule has 4 nitrogen and oxygen atoms in total. The first-order valence-electron chi connectivity index (χ1n) is 8.53. The van der Waals surface area contributed by atoms with Crippen LogP contribution in [-0.2, 0) is 4.79 Å². The summed E-state index contributed by atoms with van der Waals surface area (Å²) < 4.78 is 5.33. The second kappa shape index (κ2) is 7.89. The largest absolute Gasteiger partial charge is 0.497 e. The molecule has 5 heteroatoms. The van der Waals surface area contributed by atoms with Crippen molar-refractivity contribution in [3.8, 4) is 5.75 Å². The first kappa shape index (κ1) is 17.8. The molecule has 0 aromatic heterocycles. The summed E-state index contributed by atoms with van der Waals surface area (Å²) >= 11 is 6.41. The number of carbonyl (C=O) groups excluding carboxylic acids is 1. The lowest BCUT2D eigenvalue weighted by molar-refractivity contribution is -0.125. The highest BCUT2D eigenvalue weighted by molar-refractivity contribution is 6.31. The summed E-state index contributed by atoms with van der Waals surface area (Å²) in [6, 6.07) is 15.1. The van der Waals surface area contributed by atoms with Crippen LogP contribution in [0.2, 0.25) is 5.02 Å². The molecular weight excluding hydrogens is 336 g/mol.